The highest BCUT2D eigenvalue weighted by molar-refractivity contribution is 5.76. The predicted octanol–water partition coefficient (Wildman–Crippen LogP) is 1.43. The Labute approximate surface area is 120 Å². The van der Waals surface area contributed by atoms with Gasteiger partial charge in [-0.05, 0) is 31.1 Å². The molecule has 5 heteroatoms. The van der Waals surface area contributed by atoms with Crippen molar-refractivity contribution in [1.82, 2.24) is 9.80 Å². The average Bonchev–Trinajstić information content (AvgIpc) is 2.95. The van der Waals surface area contributed by atoms with Crippen LogP contribution in [0.4, 0.5) is 0 Å². The number of carboxylic acids is 1. The van der Waals surface area contributed by atoms with Gasteiger partial charge in [-0.1, -0.05) is 6.42 Å². The van der Waals surface area contributed by atoms with Crippen LogP contribution in [0.3, 0.4) is 0 Å². The van der Waals surface area contributed by atoms with Crippen LogP contribution < -0.4 is 0 Å². The van der Waals surface area contributed by atoms with E-state index in [-0.39, 0.29) is 12.3 Å². The molecule has 1 saturated heterocycles. The van der Waals surface area contributed by atoms with Gasteiger partial charge in [-0.15, -0.1) is 0 Å². The zero-order valence-electron chi connectivity index (χ0n) is 12.4. The highest BCUT2D eigenvalue weighted by Gasteiger charge is 2.35. The first-order valence-corrected chi connectivity index (χ1v) is 7.74. The van der Waals surface area contributed by atoms with Gasteiger partial charge in [0.05, 0.1) is 0 Å². The Morgan fingerprint density at radius 1 is 1.20 bits per heavy atom. The Morgan fingerprint density at radius 3 is 2.45 bits per heavy atom. The molecule has 2 fully saturated rings. The van der Waals surface area contributed by atoms with E-state index in [0.29, 0.717) is 19.4 Å². The quantitative estimate of drug-likeness (QED) is 0.767. The van der Waals surface area contributed by atoms with E-state index in [9.17, 15) is 9.59 Å². The maximum absolute atomic E-state index is 12.0. The zero-order chi connectivity index (χ0) is 14.5. The standard InChI is InChI=1S/C15H26N2O3/c1-16(8-3-6-15(19)20)14(18)7-9-17-10-12-4-2-5-13(12)11-17/h12-13H,2-11H2,1H3,(H,19,20). The maximum Gasteiger partial charge on any atom is 0.303 e. The Kier molecular flexibility index (Phi) is 5.40. The number of nitrogens with zero attached hydrogens (tertiary/aromatic N) is 2. The molecule has 0 aromatic heterocycles. The normalized spacial score (nSPS) is 25.6. The summed E-state index contributed by atoms with van der Waals surface area (Å²) in [7, 11) is 1.77. The largest absolute Gasteiger partial charge is 0.481 e. The van der Waals surface area contributed by atoms with E-state index in [4.69, 9.17) is 5.11 Å². The first-order chi connectivity index (χ1) is 9.56. The summed E-state index contributed by atoms with van der Waals surface area (Å²) in [6, 6.07) is 0. The summed E-state index contributed by atoms with van der Waals surface area (Å²) < 4.78 is 0. The van der Waals surface area contributed by atoms with Gasteiger partial charge in [0.15, 0.2) is 0 Å². The van der Waals surface area contributed by atoms with Crippen LogP contribution >= 0.6 is 0 Å². The number of hydrogen-bond donors (Lipinski definition) is 1. The fraction of sp³-hybridized carbons (Fsp3) is 0.867. The molecule has 0 aromatic rings. The lowest BCUT2D eigenvalue weighted by molar-refractivity contribution is -0.138. The summed E-state index contributed by atoms with van der Waals surface area (Å²) in [6.45, 7) is 3.73. The molecule has 0 spiro atoms. The lowest BCUT2D eigenvalue weighted by Gasteiger charge is -2.20. The number of amides is 1. The van der Waals surface area contributed by atoms with Gasteiger partial charge in [0.25, 0.3) is 0 Å². The summed E-state index contributed by atoms with van der Waals surface area (Å²) in [5.74, 6) is 1.08. The molecule has 20 heavy (non-hydrogen) atoms. The van der Waals surface area contributed by atoms with Gasteiger partial charge in [-0.25, -0.2) is 0 Å². The molecular weight excluding hydrogens is 256 g/mol. The molecule has 2 atom stereocenters. The van der Waals surface area contributed by atoms with Gasteiger partial charge >= 0.3 is 5.97 Å². The van der Waals surface area contributed by atoms with Gasteiger partial charge in [0.1, 0.15) is 0 Å². The minimum atomic E-state index is -0.797. The van der Waals surface area contributed by atoms with Gasteiger partial charge in [-0.3, -0.25) is 9.59 Å². The van der Waals surface area contributed by atoms with Crippen molar-refractivity contribution in [3.63, 3.8) is 0 Å². The second-order valence-electron chi connectivity index (χ2n) is 6.27. The van der Waals surface area contributed by atoms with Crippen molar-refractivity contribution in [2.45, 2.75) is 38.5 Å². The van der Waals surface area contributed by atoms with Crippen LogP contribution in [0, 0.1) is 11.8 Å². The zero-order valence-corrected chi connectivity index (χ0v) is 12.4. The number of aliphatic carboxylic acids is 1. The van der Waals surface area contributed by atoms with E-state index in [1.54, 1.807) is 11.9 Å². The SMILES string of the molecule is CN(CCCC(=O)O)C(=O)CCN1CC2CCCC2C1. The molecule has 1 amide bonds. The molecule has 1 saturated carbocycles. The molecule has 1 N–H and O–H groups in total. The Balaban J connectivity index is 1.61. The van der Waals surface area contributed by atoms with Crippen LogP contribution in [0.2, 0.25) is 0 Å². The summed E-state index contributed by atoms with van der Waals surface area (Å²) >= 11 is 0. The van der Waals surface area contributed by atoms with Gasteiger partial charge in [0.2, 0.25) is 5.91 Å². The van der Waals surface area contributed by atoms with Crippen molar-refractivity contribution in [2.24, 2.45) is 11.8 Å². The van der Waals surface area contributed by atoms with E-state index < -0.39 is 5.97 Å². The van der Waals surface area contributed by atoms with E-state index >= 15 is 0 Å². The number of hydrogen-bond acceptors (Lipinski definition) is 3. The topological polar surface area (TPSA) is 60.9 Å². The molecule has 2 rings (SSSR count). The van der Waals surface area contributed by atoms with E-state index in [1.807, 2.05) is 0 Å². The number of carbonyl (C=O) groups is 2. The second-order valence-corrected chi connectivity index (χ2v) is 6.27. The van der Waals surface area contributed by atoms with E-state index in [0.717, 1.165) is 18.4 Å². The number of carbonyl (C=O) groups excluding carboxylic acids is 1. The van der Waals surface area contributed by atoms with Gasteiger partial charge < -0.3 is 14.9 Å². The summed E-state index contributed by atoms with van der Waals surface area (Å²) in [6.07, 6.45) is 5.34. The molecule has 5 nitrogen and oxygen atoms in total. The highest BCUT2D eigenvalue weighted by atomic mass is 16.4. The van der Waals surface area contributed by atoms with Crippen molar-refractivity contribution in [2.75, 3.05) is 33.2 Å². The van der Waals surface area contributed by atoms with Crippen molar-refractivity contribution in [3.05, 3.63) is 0 Å². The first kappa shape index (κ1) is 15.3. The minimum Gasteiger partial charge on any atom is -0.481 e. The average molecular weight is 282 g/mol. The number of carboxylic acid groups (broad SMARTS) is 1. The molecule has 0 bridgehead atoms. The molecule has 1 aliphatic carbocycles. The van der Waals surface area contributed by atoms with Crippen LogP contribution in [0.1, 0.15) is 38.5 Å². The maximum atomic E-state index is 12.0. The molecular formula is C15H26N2O3. The highest BCUT2D eigenvalue weighted by Crippen LogP contribution is 2.37. The third-order valence-corrected chi connectivity index (χ3v) is 4.75. The molecule has 1 aliphatic heterocycles. The number of likely N-dealkylation sites (tertiary alicyclic amines) is 1. The van der Waals surface area contributed by atoms with Crippen LogP contribution in [-0.4, -0.2) is 60.0 Å². The Bertz CT molecular complexity index is 347. The molecule has 2 aliphatic rings. The molecule has 114 valence electrons. The summed E-state index contributed by atoms with van der Waals surface area (Å²) in [5, 5.41) is 8.58. The van der Waals surface area contributed by atoms with Crippen LogP contribution in [-0.2, 0) is 9.59 Å². The summed E-state index contributed by atoms with van der Waals surface area (Å²) in [5.41, 5.74) is 0. The number of rotatable bonds is 7. The number of fused-ring (bicyclic) bond motifs is 1. The third-order valence-electron chi connectivity index (χ3n) is 4.75. The molecule has 2 unspecified atom stereocenters. The Morgan fingerprint density at radius 2 is 1.85 bits per heavy atom. The van der Waals surface area contributed by atoms with E-state index in [1.165, 1.54) is 32.4 Å². The van der Waals surface area contributed by atoms with Crippen molar-refractivity contribution in [1.29, 1.82) is 0 Å². The fourth-order valence-electron chi connectivity index (χ4n) is 3.55. The molecule has 0 radical (unpaired) electrons. The lowest BCUT2D eigenvalue weighted by atomic mass is 10.0. The lowest BCUT2D eigenvalue weighted by Crippen LogP contribution is -2.32. The van der Waals surface area contributed by atoms with Gasteiger partial charge in [-0.2, -0.15) is 0 Å². The van der Waals surface area contributed by atoms with Crippen molar-refractivity contribution >= 4 is 11.9 Å². The fourth-order valence-corrected chi connectivity index (χ4v) is 3.55. The summed E-state index contributed by atoms with van der Waals surface area (Å²) in [4.78, 5) is 26.5. The molecule has 1 heterocycles. The third kappa shape index (κ3) is 4.20. The van der Waals surface area contributed by atoms with Crippen LogP contribution in [0.5, 0.6) is 0 Å². The van der Waals surface area contributed by atoms with Crippen LogP contribution in [0.15, 0.2) is 0 Å². The smallest absolute Gasteiger partial charge is 0.303 e. The second kappa shape index (κ2) is 7.07. The monoisotopic (exact) mass is 282 g/mol. The minimum absolute atomic E-state index is 0.132. The molecule has 0 aromatic carbocycles. The Hall–Kier alpha value is -1.10. The van der Waals surface area contributed by atoms with Crippen molar-refractivity contribution in [3.8, 4) is 0 Å². The van der Waals surface area contributed by atoms with Crippen LogP contribution in [0.25, 0.3) is 0 Å². The van der Waals surface area contributed by atoms with E-state index in [2.05, 4.69) is 4.90 Å². The van der Waals surface area contributed by atoms with Crippen molar-refractivity contribution < 1.29 is 14.7 Å². The first-order valence-electron chi connectivity index (χ1n) is 7.74. The van der Waals surface area contributed by atoms with Gasteiger partial charge in [0, 0.05) is 46.1 Å². The predicted molar refractivity (Wildman–Crippen MR) is 76.4 cm³/mol.